The maximum Gasteiger partial charge on any atom is 0.407 e. The molecule has 1 heterocycles. The number of hydrogen-bond acceptors (Lipinski definition) is 3. The van der Waals surface area contributed by atoms with Crippen molar-refractivity contribution in [2.75, 3.05) is 26.2 Å². The van der Waals surface area contributed by atoms with Gasteiger partial charge >= 0.3 is 12.2 Å². The molecule has 7 heteroatoms. The van der Waals surface area contributed by atoms with Crippen LogP contribution in [0.1, 0.15) is 32.8 Å². The summed E-state index contributed by atoms with van der Waals surface area (Å²) in [7, 11) is 0. The highest BCUT2D eigenvalue weighted by Gasteiger charge is 2.32. The van der Waals surface area contributed by atoms with E-state index in [0.717, 1.165) is 5.75 Å². The van der Waals surface area contributed by atoms with Gasteiger partial charge in [-0.05, 0) is 23.1 Å². The van der Waals surface area contributed by atoms with E-state index in [1.54, 1.807) is 0 Å². The third-order valence-electron chi connectivity index (χ3n) is 4.44. The largest absolute Gasteiger partial charge is 0.494 e. The summed E-state index contributed by atoms with van der Waals surface area (Å²) >= 11 is 0. The fourth-order valence-electron chi connectivity index (χ4n) is 2.89. The van der Waals surface area contributed by atoms with Gasteiger partial charge in [0.2, 0.25) is 0 Å². The lowest BCUT2D eigenvalue weighted by Crippen LogP contribution is -2.56. The van der Waals surface area contributed by atoms with Gasteiger partial charge in [-0.3, -0.25) is 0 Å². The fraction of sp³-hybridized carbons (Fsp3) is 0.556. The van der Waals surface area contributed by atoms with Gasteiger partial charge < -0.3 is 24.7 Å². The summed E-state index contributed by atoms with van der Waals surface area (Å²) in [5.74, 6) is 0.723. The van der Waals surface area contributed by atoms with Crippen LogP contribution in [0.3, 0.4) is 0 Å². The van der Waals surface area contributed by atoms with Crippen molar-refractivity contribution < 1.29 is 24.5 Å². The highest BCUT2D eigenvalue weighted by atomic mass is 16.5. The predicted octanol–water partition coefficient (Wildman–Crippen LogP) is 3.10. The molecule has 1 saturated heterocycles. The highest BCUT2D eigenvalue weighted by Crippen LogP contribution is 2.24. The minimum Gasteiger partial charge on any atom is -0.494 e. The Morgan fingerprint density at radius 2 is 1.76 bits per heavy atom. The number of amides is 2. The van der Waals surface area contributed by atoms with Crippen LogP contribution in [-0.4, -0.2) is 64.5 Å². The second-order valence-corrected chi connectivity index (χ2v) is 7.27. The molecule has 2 rings (SSSR count). The van der Waals surface area contributed by atoms with E-state index in [0.29, 0.717) is 13.0 Å². The number of nitrogens with zero attached hydrogens (tertiary/aromatic N) is 2. The van der Waals surface area contributed by atoms with E-state index in [-0.39, 0.29) is 25.0 Å². The molecule has 0 unspecified atom stereocenters. The SMILES string of the molecule is CC(C)(C)c1ccc(OCC[C@@H]2CN(C(=O)O)CCN2C(=O)O)cc1. The second-order valence-electron chi connectivity index (χ2n) is 7.27. The molecule has 0 spiro atoms. The Labute approximate surface area is 147 Å². The Hall–Kier alpha value is -2.44. The lowest BCUT2D eigenvalue weighted by Gasteiger charge is -2.38. The van der Waals surface area contributed by atoms with Crippen molar-refractivity contribution >= 4 is 12.2 Å². The number of ether oxygens (including phenoxy) is 1. The molecule has 0 radical (unpaired) electrons. The highest BCUT2D eigenvalue weighted by molar-refractivity contribution is 5.68. The quantitative estimate of drug-likeness (QED) is 0.871. The number of carbonyl (C=O) groups is 2. The van der Waals surface area contributed by atoms with Gasteiger partial charge in [-0.2, -0.15) is 0 Å². The summed E-state index contributed by atoms with van der Waals surface area (Å²) in [6, 6.07) is 7.45. The normalized spacial score (nSPS) is 18.1. The van der Waals surface area contributed by atoms with E-state index in [9.17, 15) is 14.7 Å². The summed E-state index contributed by atoms with van der Waals surface area (Å²) in [5.41, 5.74) is 1.28. The monoisotopic (exact) mass is 350 g/mol. The molecule has 1 atom stereocenters. The van der Waals surface area contributed by atoms with Gasteiger partial charge in [-0.25, -0.2) is 9.59 Å². The Kier molecular flexibility index (Phi) is 5.77. The van der Waals surface area contributed by atoms with Crippen molar-refractivity contribution in [1.29, 1.82) is 0 Å². The molecule has 0 aromatic heterocycles. The summed E-state index contributed by atoms with van der Waals surface area (Å²) in [4.78, 5) is 25.0. The lowest BCUT2D eigenvalue weighted by molar-refractivity contribution is 0.0562. The van der Waals surface area contributed by atoms with Gasteiger partial charge in [-0.1, -0.05) is 32.9 Å². The number of piperazine rings is 1. The fourth-order valence-corrected chi connectivity index (χ4v) is 2.89. The van der Waals surface area contributed by atoms with Crippen LogP contribution in [-0.2, 0) is 5.41 Å². The molecular weight excluding hydrogens is 324 g/mol. The molecule has 1 aromatic rings. The van der Waals surface area contributed by atoms with Gasteiger partial charge in [0, 0.05) is 26.1 Å². The Morgan fingerprint density at radius 1 is 1.12 bits per heavy atom. The first kappa shape index (κ1) is 18.9. The number of hydrogen-bond donors (Lipinski definition) is 2. The third-order valence-corrected chi connectivity index (χ3v) is 4.44. The van der Waals surface area contributed by atoms with Crippen LogP contribution in [0.2, 0.25) is 0 Å². The van der Waals surface area contributed by atoms with Gasteiger partial charge in [0.05, 0.1) is 12.6 Å². The number of rotatable bonds is 4. The first-order valence-electron chi connectivity index (χ1n) is 8.39. The molecule has 25 heavy (non-hydrogen) atoms. The Morgan fingerprint density at radius 3 is 2.28 bits per heavy atom. The molecule has 1 aliphatic rings. The summed E-state index contributed by atoms with van der Waals surface area (Å²) in [6.07, 6.45) is -1.60. The van der Waals surface area contributed by atoms with Gasteiger partial charge in [0.1, 0.15) is 5.75 Å². The number of benzene rings is 1. The summed E-state index contributed by atoms with van der Waals surface area (Å²) < 4.78 is 5.71. The van der Waals surface area contributed by atoms with E-state index in [1.807, 2.05) is 24.3 Å². The van der Waals surface area contributed by atoms with E-state index >= 15 is 0 Å². The molecule has 1 fully saturated rings. The van der Waals surface area contributed by atoms with Gasteiger partial charge in [0.15, 0.2) is 0 Å². The van der Waals surface area contributed by atoms with Crippen LogP contribution >= 0.6 is 0 Å². The molecular formula is C18H26N2O5. The van der Waals surface area contributed by atoms with Crippen molar-refractivity contribution in [1.82, 2.24) is 9.80 Å². The van der Waals surface area contributed by atoms with Crippen LogP contribution in [0.15, 0.2) is 24.3 Å². The smallest absolute Gasteiger partial charge is 0.407 e. The van der Waals surface area contributed by atoms with Crippen molar-refractivity contribution in [3.8, 4) is 5.75 Å². The molecule has 1 aliphatic heterocycles. The number of carboxylic acid groups (broad SMARTS) is 2. The zero-order valence-electron chi connectivity index (χ0n) is 14.9. The second kappa shape index (κ2) is 7.63. The maximum absolute atomic E-state index is 11.3. The summed E-state index contributed by atoms with van der Waals surface area (Å²) in [5, 5.41) is 18.4. The Balaban J connectivity index is 1.91. The molecule has 0 aliphatic carbocycles. The van der Waals surface area contributed by atoms with Crippen LogP contribution < -0.4 is 4.74 Å². The molecule has 7 nitrogen and oxygen atoms in total. The molecule has 0 bridgehead atoms. The topological polar surface area (TPSA) is 90.3 Å². The van der Waals surface area contributed by atoms with E-state index in [4.69, 9.17) is 9.84 Å². The van der Waals surface area contributed by atoms with Crippen molar-refractivity contribution in [2.24, 2.45) is 0 Å². The lowest BCUT2D eigenvalue weighted by atomic mass is 9.87. The molecule has 2 N–H and O–H groups in total. The third kappa shape index (κ3) is 5.01. The molecule has 1 aromatic carbocycles. The van der Waals surface area contributed by atoms with E-state index in [1.165, 1.54) is 15.4 Å². The maximum atomic E-state index is 11.3. The molecule has 2 amide bonds. The minimum absolute atomic E-state index is 0.0723. The van der Waals surface area contributed by atoms with Crippen LogP contribution in [0.25, 0.3) is 0 Å². The minimum atomic E-state index is -1.02. The first-order valence-corrected chi connectivity index (χ1v) is 8.39. The average molecular weight is 350 g/mol. The molecule has 138 valence electrons. The van der Waals surface area contributed by atoms with E-state index < -0.39 is 18.2 Å². The average Bonchev–Trinajstić information content (AvgIpc) is 2.54. The van der Waals surface area contributed by atoms with Crippen LogP contribution in [0.4, 0.5) is 9.59 Å². The van der Waals surface area contributed by atoms with E-state index in [2.05, 4.69) is 20.8 Å². The van der Waals surface area contributed by atoms with Crippen LogP contribution in [0.5, 0.6) is 5.75 Å². The van der Waals surface area contributed by atoms with Gasteiger partial charge in [0.25, 0.3) is 0 Å². The first-order chi connectivity index (χ1) is 11.7. The zero-order valence-corrected chi connectivity index (χ0v) is 14.9. The molecule has 0 saturated carbocycles. The van der Waals surface area contributed by atoms with Gasteiger partial charge in [-0.15, -0.1) is 0 Å². The van der Waals surface area contributed by atoms with Crippen molar-refractivity contribution in [2.45, 2.75) is 38.6 Å². The van der Waals surface area contributed by atoms with Crippen molar-refractivity contribution in [3.05, 3.63) is 29.8 Å². The predicted molar refractivity (Wildman–Crippen MR) is 93.4 cm³/mol. The Bertz CT molecular complexity index is 609. The zero-order chi connectivity index (χ0) is 18.6. The standard InChI is InChI=1S/C18H26N2O5/c1-18(2,3)13-4-6-15(7-5-13)25-11-8-14-12-19(16(21)22)9-10-20(14)17(23)24/h4-7,14H,8-12H2,1-3H3,(H,21,22)(H,23,24)/t14-/m1/s1. The summed E-state index contributed by atoms with van der Waals surface area (Å²) in [6.45, 7) is 7.31. The van der Waals surface area contributed by atoms with Crippen LogP contribution in [0, 0.1) is 0 Å². The van der Waals surface area contributed by atoms with Crippen molar-refractivity contribution in [3.63, 3.8) is 0 Å².